The van der Waals surface area contributed by atoms with Gasteiger partial charge in [-0.1, -0.05) is 24.3 Å². The Hall–Kier alpha value is -2.33. The summed E-state index contributed by atoms with van der Waals surface area (Å²) in [5.41, 5.74) is 3.80. The van der Waals surface area contributed by atoms with Crippen molar-refractivity contribution in [3.8, 4) is 5.75 Å². The molecule has 0 spiro atoms. The van der Waals surface area contributed by atoms with Gasteiger partial charge in [0, 0.05) is 19.6 Å². The van der Waals surface area contributed by atoms with Crippen LogP contribution < -0.4 is 4.74 Å². The molecule has 2 aromatic rings. The highest BCUT2D eigenvalue weighted by Crippen LogP contribution is 2.24. The largest absolute Gasteiger partial charge is 0.490 e. The first-order valence-corrected chi connectivity index (χ1v) is 8.80. The average Bonchev–Trinajstić information content (AvgIpc) is 2.60. The third-order valence-electron chi connectivity index (χ3n) is 4.75. The molecule has 132 valence electrons. The highest BCUT2D eigenvalue weighted by molar-refractivity contribution is 5.87. The summed E-state index contributed by atoms with van der Waals surface area (Å²) < 4.78 is 6.21. The monoisotopic (exact) mass is 339 g/mol. The molecule has 1 fully saturated rings. The minimum absolute atomic E-state index is 0.252. The topological polar surface area (TPSA) is 49.8 Å². The van der Waals surface area contributed by atoms with E-state index in [1.54, 1.807) is 12.1 Å². The second-order valence-electron chi connectivity index (χ2n) is 6.87. The maximum absolute atomic E-state index is 11.1. The van der Waals surface area contributed by atoms with E-state index >= 15 is 0 Å². The lowest BCUT2D eigenvalue weighted by molar-refractivity contribution is 0.0696. The molecule has 0 aliphatic carbocycles. The van der Waals surface area contributed by atoms with E-state index < -0.39 is 5.97 Å². The fourth-order valence-corrected chi connectivity index (χ4v) is 3.26. The van der Waals surface area contributed by atoms with E-state index in [-0.39, 0.29) is 6.10 Å². The van der Waals surface area contributed by atoms with Gasteiger partial charge in [-0.25, -0.2) is 4.79 Å². The number of carboxylic acid groups (broad SMARTS) is 1. The summed E-state index contributed by atoms with van der Waals surface area (Å²) in [6.45, 7) is 6.89. The minimum atomic E-state index is -0.873. The molecule has 0 atom stereocenters. The third-order valence-corrected chi connectivity index (χ3v) is 4.75. The van der Waals surface area contributed by atoms with Crippen LogP contribution in [0.1, 0.15) is 39.9 Å². The lowest BCUT2D eigenvalue weighted by atomic mass is 10.1. The average molecular weight is 339 g/mol. The third kappa shape index (κ3) is 4.60. The van der Waals surface area contributed by atoms with Crippen molar-refractivity contribution in [2.45, 2.75) is 39.3 Å². The number of carboxylic acids is 1. The Balaban J connectivity index is 1.54. The Morgan fingerprint density at radius 3 is 2.64 bits per heavy atom. The Bertz CT molecular complexity index is 749. The molecule has 1 aliphatic rings. The van der Waals surface area contributed by atoms with Crippen LogP contribution in [-0.4, -0.2) is 35.2 Å². The quantitative estimate of drug-likeness (QED) is 0.893. The summed E-state index contributed by atoms with van der Waals surface area (Å²) in [7, 11) is 0. The number of hydrogen-bond acceptors (Lipinski definition) is 3. The second-order valence-corrected chi connectivity index (χ2v) is 6.87. The number of benzene rings is 2. The van der Waals surface area contributed by atoms with Gasteiger partial charge in [-0.05, 0) is 61.6 Å². The number of ether oxygens (including phenoxy) is 1. The van der Waals surface area contributed by atoms with Gasteiger partial charge in [-0.2, -0.15) is 0 Å². The molecule has 3 rings (SSSR count). The molecule has 1 heterocycles. The minimum Gasteiger partial charge on any atom is -0.490 e. The molecule has 0 bridgehead atoms. The number of piperidine rings is 1. The standard InChI is InChI=1S/C21H25NO3/c1-15-6-7-16(2)20(12-15)25-19-8-10-22(11-9-19)14-17-4-3-5-18(13-17)21(23)24/h3-7,12-13,19H,8-11,14H2,1-2H3,(H,23,24). The molecule has 0 amide bonds. The predicted octanol–water partition coefficient (Wildman–Crippen LogP) is 4.05. The summed E-state index contributed by atoms with van der Waals surface area (Å²) in [6, 6.07) is 13.5. The van der Waals surface area contributed by atoms with Crippen molar-refractivity contribution in [1.29, 1.82) is 0 Å². The van der Waals surface area contributed by atoms with Gasteiger partial charge in [0.15, 0.2) is 0 Å². The molecule has 0 saturated carbocycles. The first-order chi connectivity index (χ1) is 12.0. The van der Waals surface area contributed by atoms with Crippen molar-refractivity contribution >= 4 is 5.97 Å². The molecule has 2 aromatic carbocycles. The molecule has 1 saturated heterocycles. The van der Waals surface area contributed by atoms with E-state index in [0.717, 1.165) is 43.8 Å². The van der Waals surface area contributed by atoms with E-state index in [1.807, 2.05) is 12.1 Å². The van der Waals surface area contributed by atoms with Gasteiger partial charge in [0.05, 0.1) is 5.56 Å². The van der Waals surface area contributed by atoms with Gasteiger partial charge in [0.1, 0.15) is 11.9 Å². The van der Waals surface area contributed by atoms with Crippen molar-refractivity contribution in [3.05, 3.63) is 64.7 Å². The van der Waals surface area contributed by atoms with Crippen LogP contribution in [0.15, 0.2) is 42.5 Å². The maximum atomic E-state index is 11.1. The van der Waals surface area contributed by atoms with Gasteiger partial charge in [0.2, 0.25) is 0 Å². The molecule has 25 heavy (non-hydrogen) atoms. The summed E-state index contributed by atoms with van der Waals surface area (Å²) >= 11 is 0. The smallest absolute Gasteiger partial charge is 0.335 e. The summed E-state index contributed by atoms with van der Waals surface area (Å²) in [6.07, 6.45) is 2.24. The van der Waals surface area contributed by atoms with Crippen LogP contribution in [0.3, 0.4) is 0 Å². The molecule has 4 nitrogen and oxygen atoms in total. The van der Waals surface area contributed by atoms with Gasteiger partial charge in [0.25, 0.3) is 0 Å². The lowest BCUT2D eigenvalue weighted by Crippen LogP contribution is -2.37. The first-order valence-electron chi connectivity index (χ1n) is 8.80. The zero-order chi connectivity index (χ0) is 17.8. The van der Waals surface area contributed by atoms with Crippen LogP contribution in [0.25, 0.3) is 0 Å². The highest BCUT2D eigenvalue weighted by atomic mass is 16.5. The van der Waals surface area contributed by atoms with Crippen LogP contribution in [0.5, 0.6) is 5.75 Å². The normalized spacial score (nSPS) is 15.9. The second kappa shape index (κ2) is 7.70. The van der Waals surface area contributed by atoms with Crippen molar-refractivity contribution in [2.75, 3.05) is 13.1 Å². The van der Waals surface area contributed by atoms with Crippen LogP contribution >= 0.6 is 0 Å². The van der Waals surface area contributed by atoms with Gasteiger partial charge in [-0.3, -0.25) is 4.90 Å². The van der Waals surface area contributed by atoms with Crippen LogP contribution in [0, 0.1) is 13.8 Å². The molecular weight excluding hydrogens is 314 g/mol. The summed E-state index contributed by atoms with van der Waals surface area (Å²) in [4.78, 5) is 13.4. The fourth-order valence-electron chi connectivity index (χ4n) is 3.26. The Morgan fingerprint density at radius 1 is 1.16 bits per heavy atom. The number of likely N-dealkylation sites (tertiary alicyclic amines) is 1. The lowest BCUT2D eigenvalue weighted by Gasteiger charge is -2.32. The van der Waals surface area contributed by atoms with Crippen LogP contribution in [-0.2, 0) is 6.54 Å². The number of aromatic carboxylic acids is 1. The Morgan fingerprint density at radius 2 is 1.92 bits per heavy atom. The van der Waals surface area contributed by atoms with E-state index in [9.17, 15) is 4.79 Å². The fraction of sp³-hybridized carbons (Fsp3) is 0.381. The van der Waals surface area contributed by atoms with Crippen molar-refractivity contribution in [3.63, 3.8) is 0 Å². The zero-order valence-electron chi connectivity index (χ0n) is 14.9. The molecule has 4 heteroatoms. The molecule has 0 radical (unpaired) electrons. The first kappa shape index (κ1) is 17.5. The van der Waals surface area contributed by atoms with Crippen LogP contribution in [0.4, 0.5) is 0 Å². The number of aryl methyl sites for hydroxylation is 2. The van der Waals surface area contributed by atoms with Gasteiger partial charge >= 0.3 is 5.97 Å². The van der Waals surface area contributed by atoms with E-state index in [4.69, 9.17) is 9.84 Å². The molecule has 1 aliphatic heterocycles. The van der Waals surface area contributed by atoms with Crippen molar-refractivity contribution < 1.29 is 14.6 Å². The Labute approximate surface area is 149 Å². The molecule has 1 N–H and O–H groups in total. The summed E-state index contributed by atoms with van der Waals surface area (Å²) in [5.74, 6) is 0.120. The summed E-state index contributed by atoms with van der Waals surface area (Å²) in [5, 5.41) is 9.10. The molecular formula is C21H25NO3. The predicted molar refractivity (Wildman–Crippen MR) is 98.2 cm³/mol. The highest BCUT2D eigenvalue weighted by Gasteiger charge is 2.21. The Kier molecular flexibility index (Phi) is 5.39. The van der Waals surface area contributed by atoms with Gasteiger partial charge < -0.3 is 9.84 Å². The van der Waals surface area contributed by atoms with Crippen molar-refractivity contribution in [2.24, 2.45) is 0 Å². The van der Waals surface area contributed by atoms with E-state index in [1.165, 1.54) is 11.1 Å². The number of hydrogen-bond donors (Lipinski definition) is 1. The SMILES string of the molecule is Cc1ccc(C)c(OC2CCN(Cc3cccc(C(=O)O)c3)CC2)c1. The zero-order valence-corrected chi connectivity index (χ0v) is 14.9. The number of nitrogens with zero attached hydrogens (tertiary/aromatic N) is 1. The number of carbonyl (C=O) groups is 1. The van der Waals surface area contributed by atoms with Crippen LogP contribution in [0.2, 0.25) is 0 Å². The van der Waals surface area contributed by atoms with Crippen molar-refractivity contribution in [1.82, 2.24) is 4.90 Å². The van der Waals surface area contributed by atoms with E-state index in [2.05, 4.69) is 36.9 Å². The van der Waals surface area contributed by atoms with Gasteiger partial charge in [-0.15, -0.1) is 0 Å². The molecule has 0 aromatic heterocycles. The van der Waals surface area contributed by atoms with E-state index in [0.29, 0.717) is 5.56 Å². The maximum Gasteiger partial charge on any atom is 0.335 e. The molecule has 0 unspecified atom stereocenters. The number of rotatable bonds is 5.